The number of halogens is 1. The molecule has 1 amide bonds. The van der Waals surface area contributed by atoms with E-state index in [4.69, 9.17) is 4.74 Å². The van der Waals surface area contributed by atoms with Crippen LogP contribution in [-0.4, -0.2) is 29.1 Å². The van der Waals surface area contributed by atoms with E-state index in [2.05, 4.69) is 37.3 Å². The van der Waals surface area contributed by atoms with Crippen molar-refractivity contribution in [3.8, 4) is 6.07 Å². The van der Waals surface area contributed by atoms with Crippen molar-refractivity contribution in [2.45, 2.75) is 12.8 Å². The van der Waals surface area contributed by atoms with Crippen molar-refractivity contribution in [3.63, 3.8) is 0 Å². The van der Waals surface area contributed by atoms with E-state index in [1.54, 1.807) is 0 Å². The van der Waals surface area contributed by atoms with Gasteiger partial charge in [-0.05, 0) is 28.8 Å². The maximum absolute atomic E-state index is 12.1. The minimum Gasteiger partial charge on any atom is -0.381 e. The Morgan fingerprint density at radius 3 is 2.72 bits per heavy atom. The molecule has 1 fully saturated rings. The first-order chi connectivity index (χ1) is 8.66. The van der Waals surface area contributed by atoms with Gasteiger partial charge < -0.3 is 10.1 Å². The summed E-state index contributed by atoms with van der Waals surface area (Å²) in [5, 5.41) is 11.8. The second-order valence-corrected chi connectivity index (χ2v) is 4.80. The highest BCUT2D eigenvalue weighted by Crippen LogP contribution is 2.30. The third-order valence-electron chi connectivity index (χ3n) is 2.86. The molecule has 0 atom stereocenters. The summed E-state index contributed by atoms with van der Waals surface area (Å²) in [5.41, 5.74) is -1.02. The molecule has 94 valence electrons. The normalized spacial score (nSPS) is 17.8. The Bertz CT molecular complexity index is 477. The number of nitrogens with zero attached hydrogens (tertiary/aromatic N) is 3. The Morgan fingerprint density at radius 1 is 1.44 bits per heavy atom. The van der Waals surface area contributed by atoms with E-state index in [0.717, 1.165) is 0 Å². The van der Waals surface area contributed by atoms with Gasteiger partial charge in [0.1, 0.15) is 10.0 Å². The van der Waals surface area contributed by atoms with Crippen LogP contribution in [0.3, 0.4) is 0 Å². The average Bonchev–Trinajstić information content (AvgIpc) is 2.42. The van der Waals surface area contributed by atoms with Crippen LogP contribution in [0, 0.1) is 16.7 Å². The number of ether oxygens (including phenoxy) is 1. The van der Waals surface area contributed by atoms with Crippen molar-refractivity contribution in [1.29, 1.82) is 5.26 Å². The highest BCUT2D eigenvalue weighted by molar-refractivity contribution is 9.10. The summed E-state index contributed by atoms with van der Waals surface area (Å²) in [7, 11) is 0. The molecule has 0 saturated carbocycles. The number of carbonyl (C=O) groups excluding carboxylic acids is 1. The van der Waals surface area contributed by atoms with Gasteiger partial charge in [0.25, 0.3) is 0 Å². The molecular weight excluding hydrogens is 300 g/mol. The fourth-order valence-electron chi connectivity index (χ4n) is 1.72. The number of aromatic nitrogens is 2. The van der Waals surface area contributed by atoms with Crippen molar-refractivity contribution >= 4 is 27.7 Å². The molecule has 0 aliphatic carbocycles. The number of carbonyl (C=O) groups is 1. The van der Waals surface area contributed by atoms with Gasteiger partial charge in [-0.3, -0.25) is 4.79 Å². The highest BCUT2D eigenvalue weighted by atomic mass is 79.9. The standard InChI is InChI=1S/C11H11BrN4O2/c12-8-5-15-9(6-14-8)16-10(17)11(7-13)1-3-18-4-2-11/h5-6H,1-4H2,(H,15,16,17). The van der Waals surface area contributed by atoms with Crippen LogP contribution >= 0.6 is 15.9 Å². The molecule has 1 N–H and O–H groups in total. The van der Waals surface area contributed by atoms with Gasteiger partial charge in [-0.15, -0.1) is 0 Å². The molecule has 0 aromatic carbocycles. The molecule has 1 saturated heterocycles. The van der Waals surface area contributed by atoms with E-state index in [1.807, 2.05) is 0 Å². The van der Waals surface area contributed by atoms with Crippen LogP contribution in [0.1, 0.15) is 12.8 Å². The summed E-state index contributed by atoms with van der Waals surface area (Å²) >= 11 is 3.16. The highest BCUT2D eigenvalue weighted by Gasteiger charge is 2.40. The van der Waals surface area contributed by atoms with Gasteiger partial charge >= 0.3 is 0 Å². The largest absolute Gasteiger partial charge is 0.381 e. The molecule has 1 aliphatic heterocycles. The number of hydrogen-bond donors (Lipinski definition) is 1. The molecule has 0 bridgehead atoms. The van der Waals surface area contributed by atoms with E-state index in [0.29, 0.717) is 36.5 Å². The van der Waals surface area contributed by atoms with Crippen molar-refractivity contribution in [2.75, 3.05) is 18.5 Å². The summed E-state index contributed by atoms with van der Waals surface area (Å²) < 4.78 is 5.76. The van der Waals surface area contributed by atoms with Crippen LogP contribution in [-0.2, 0) is 9.53 Å². The van der Waals surface area contributed by atoms with Gasteiger partial charge in [0.05, 0.1) is 18.5 Å². The van der Waals surface area contributed by atoms with Gasteiger partial charge in [0.2, 0.25) is 5.91 Å². The van der Waals surface area contributed by atoms with Crippen molar-refractivity contribution in [2.24, 2.45) is 5.41 Å². The molecule has 1 aromatic rings. The summed E-state index contributed by atoms with van der Waals surface area (Å²) in [4.78, 5) is 20.1. The first-order valence-corrected chi connectivity index (χ1v) is 6.24. The predicted octanol–water partition coefficient (Wildman–Crippen LogP) is 1.50. The maximum Gasteiger partial charge on any atom is 0.246 e. The number of amides is 1. The van der Waals surface area contributed by atoms with E-state index < -0.39 is 5.41 Å². The lowest BCUT2D eigenvalue weighted by Gasteiger charge is -2.28. The number of nitrogens with one attached hydrogen (secondary N) is 1. The van der Waals surface area contributed by atoms with Crippen LogP contribution < -0.4 is 5.32 Å². The molecule has 1 aromatic heterocycles. The van der Waals surface area contributed by atoms with Gasteiger partial charge in [0, 0.05) is 13.2 Å². The average molecular weight is 311 g/mol. The summed E-state index contributed by atoms with van der Waals surface area (Å²) in [6.07, 6.45) is 3.73. The molecule has 2 heterocycles. The number of hydrogen-bond acceptors (Lipinski definition) is 5. The Morgan fingerprint density at radius 2 is 2.17 bits per heavy atom. The summed E-state index contributed by atoms with van der Waals surface area (Å²) in [6, 6.07) is 2.10. The molecule has 0 radical (unpaired) electrons. The van der Waals surface area contributed by atoms with E-state index in [1.165, 1.54) is 12.4 Å². The van der Waals surface area contributed by atoms with Gasteiger partial charge in [-0.25, -0.2) is 9.97 Å². The predicted molar refractivity (Wildman–Crippen MR) is 66.5 cm³/mol. The summed E-state index contributed by atoms with van der Waals surface area (Å²) in [6.45, 7) is 0.847. The van der Waals surface area contributed by atoms with E-state index in [-0.39, 0.29) is 5.91 Å². The first-order valence-electron chi connectivity index (χ1n) is 5.44. The third kappa shape index (κ3) is 2.66. The van der Waals surface area contributed by atoms with Crippen LogP contribution in [0.4, 0.5) is 5.82 Å². The molecule has 7 heteroatoms. The van der Waals surface area contributed by atoms with Crippen LogP contribution in [0.5, 0.6) is 0 Å². The van der Waals surface area contributed by atoms with Crippen LogP contribution in [0.15, 0.2) is 17.0 Å². The Balaban J connectivity index is 2.11. The Hall–Kier alpha value is -1.52. The topological polar surface area (TPSA) is 87.9 Å². The van der Waals surface area contributed by atoms with Crippen molar-refractivity contribution in [3.05, 3.63) is 17.0 Å². The Labute approximate surface area is 113 Å². The van der Waals surface area contributed by atoms with Crippen molar-refractivity contribution < 1.29 is 9.53 Å². The second kappa shape index (κ2) is 5.42. The number of rotatable bonds is 2. The van der Waals surface area contributed by atoms with E-state index in [9.17, 15) is 10.1 Å². The van der Waals surface area contributed by atoms with Crippen LogP contribution in [0.2, 0.25) is 0 Å². The molecule has 0 spiro atoms. The molecule has 0 unspecified atom stereocenters. The minimum absolute atomic E-state index is 0.337. The fourth-order valence-corrected chi connectivity index (χ4v) is 1.93. The van der Waals surface area contributed by atoms with E-state index >= 15 is 0 Å². The zero-order chi connectivity index (χ0) is 13.0. The van der Waals surface area contributed by atoms with Crippen molar-refractivity contribution in [1.82, 2.24) is 9.97 Å². The molecule has 2 rings (SSSR count). The zero-order valence-electron chi connectivity index (χ0n) is 9.52. The number of nitriles is 1. The fraction of sp³-hybridized carbons (Fsp3) is 0.455. The minimum atomic E-state index is -1.02. The lowest BCUT2D eigenvalue weighted by Crippen LogP contribution is -2.40. The molecular formula is C11H11BrN4O2. The molecule has 18 heavy (non-hydrogen) atoms. The lowest BCUT2D eigenvalue weighted by molar-refractivity contribution is -0.126. The quantitative estimate of drug-likeness (QED) is 0.894. The lowest BCUT2D eigenvalue weighted by atomic mass is 9.81. The first kappa shape index (κ1) is 12.9. The van der Waals surface area contributed by atoms with Gasteiger partial charge in [0.15, 0.2) is 5.82 Å². The maximum atomic E-state index is 12.1. The number of anilines is 1. The molecule has 6 nitrogen and oxygen atoms in total. The monoisotopic (exact) mass is 310 g/mol. The zero-order valence-corrected chi connectivity index (χ0v) is 11.1. The molecule has 1 aliphatic rings. The van der Waals surface area contributed by atoms with Crippen LogP contribution in [0.25, 0.3) is 0 Å². The van der Waals surface area contributed by atoms with Gasteiger partial charge in [-0.2, -0.15) is 5.26 Å². The Kier molecular flexibility index (Phi) is 3.89. The second-order valence-electron chi connectivity index (χ2n) is 3.98. The van der Waals surface area contributed by atoms with Gasteiger partial charge in [-0.1, -0.05) is 0 Å². The SMILES string of the molecule is N#CC1(C(=O)Nc2cnc(Br)cn2)CCOCC1. The summed E-state index contributed by atoms with van der Waals surface area (Å²) in [5.74, 6) is -0.00533. The smallest absolute Gasteiger partial charge is 0.246 e. The third-order valence-corrected chi connectivity index (χ3v) is 3.27.